The predicted molar refractivity (Wildman–Crippen MR) is 100 cm³/mol. The summed E-state index contributed by atoms with van der Waals surface area (Å²) < 4.78 is 39.6. The Morgan fingerprint density at radius 1 is 1.28 bits per heavy atom. The molecule has 1 aliphatic heterocycles. The number of amides is 1. The van der Waals surface area contributed by atoms with Crippen LogP contribution in [0.4, 0.5) is 18.9 Å². The van der Waals surface area contributed by atoms with Crippen molar-refractivity contribution in [1.82, 2.24) is 25.3 Å². The Kier molecular flexibility index (Phi) is 4.85. The molecule has 3 aromatic rings. The van der Waals surface area contributed by atoms with Crippen LogP contribution in [-0.4, -0.2) is 45.0 Å². The third-order valence-corrected chi connectivity index (χ3v) is 5.00. The Hall–Kier alpha value is -3.17. The summed E-state index contributed by atoms with van der Waals surface area (Å²) >= 11 is 0. The molecule has 1 unspecified atom stereocenters. The summed E-state index contributed by atoms with van der Waals surface area (Å²) in [6.45, 7) is 1.17. The number of nitrogens with zero attached hydrogens (tertiary/aromatic N) is 5. The van der Waals surface area contributed by atoms with E-state index in [1.54, 1.807) is 11.7 Å². The maximum atomic E-state index is 12.6. The fourth-order valence-corrected chi connectivity index (χ4v) is 3.51. The molecule has 10 heteroatoms. The molecule has 1 fully saturated rings. The van der Waals surface area contributed by atoms with Gasteiger partial charge < -0.3 is 10.2 Å². The second-order valence-electron chi connectivity index (χ2n) is 7.11. The zero-order chi connectivity index (χ0) is 20.6. The Bertz CT molecular complexity index is 1030. The first kappa shape index (κ1) is 19.2. The minimum atomic E-state index is -4.45. The van der Waals surface area contributed by atoms with Gasteiger partial charge in [0.1, 0.15) is 11.2 Å². The lowest BCUT2D eigenvalue weighted by atomic mass is 10.1. The maximum Gasteiger partial charge on any atom is 0.433 e. The first-order chi connectivity index (χ1) is 13.8. The van der Waals surface area contributed by atoms with Crippen LogP contribution in [0, 0.1) is 0 Å². The Morgan fingerprint density at radius 3 is 2.83 bits per heavy atom. The Morgan fingerprint density at radius 2 is 2.10 bits per heavy atom. The molecule has 29 heavy (non-hydrogen) atoms. The van der Waals surface area contributed by atoms with E-state index in [0.29, 0.717) is 18.8 Å². The summed E-state index contributed by atoms with van der Waals surface area (Å²) in [5, 5.41) is 11.0. The van der Waals surface area contributed by atoms with Gasteiger partial charge in [0.2, 0.25) is 5.91 Å². The van der Waals surface area contributed by atoms with Gasteiger partial charge in [-0.15, -0.1) is 5.10 Å². The van der Waals surface area contributed by atoms with Crippen molar-refractivity contribution in [2.75, 3.05) is 18.0 Å². The van der Waals surface area contributed by atoms with Gasteiger partial charge in [-0.25, -0.2) is 9.67 Å². The van der Waals surface area contributed by atoms with E-state index in [2.05, 4.69) is 20.6 Å². The number of benzene rings is 1. The number of alkyl halides is 3. The third-order valence-electron chi connectivity index (χ3n) is 5.00. The standard InChI is InChI=1S/C19H19F3N6O/c1-27-16-4-2-12(8-15(16)25-26-27)9-18(29)24-13-6-7-28(11-13)14-3-5-17(23-10-14)19(20,21)22/h2-5,8,10,13H,6-7,9,11H2,1H3,(H,24,29). The van der Waals surface area contributed by atoms with Gasteiger partial charge in [-0.05, 0) is 36.2 Å². The highest BCUT2D eigenvalue weighted by molar-refractivity contribution is 5.81. The molecule has 152 valence electrons. The number of aryl methyl sites for hydroxylation is 1. The summed E-state index contributed by atoms with van der Waals surface area (Å²) in [4.78, 5) is 17.8. The van der Waals surface area contributed by atoms with Gasteiger partial charge >= 0.3 is 6.18 Å². The van der Waals surface area contributed by atoms with E-state index < -0.39 is 11.9 Å². The largest absolute Gasteiger partial charge is 0.433 e. The van der Waals surface area contributed by atoms with E-state index in [9.17, 15) is 18.0 Å². The normalized spacial score (nSPS) is 17.1. The molecule has 4 rings (SSSR count). The molecule has 0 aliphatic carbocycles. The van der Waals surface area contributed by atoms with Crippen molar-refractivity contribution in [3.05, 3.63) is 47.8 Å². The molecule has 3 heterocycles. The highest BCUT2D eigenvalue weighted by Gasteiger charge is 2.32. The highest BCUT2D eigenvalue weighted by atomic mass is 19.4. The lowest BCUT2D eigenvalue weighted by molar-refractivity contribution is -0.141. The molecule has 1 aliphatic rings. The molecule has 1 amide bonds. The number of nitrogens with one attached hydrogen (secondary N) is 1. The predicted octanol–water partition coefficient (Wildman–Crippen LogP) is 2.32. The van der Waals surface area contributed by atoms with Crippen molar-refractivity contribution < 1.29 is 18.0 Å². The van der Waals surface area contributed by atoms with Crippen LogP contribution in [0.2, 0.25) is 0 Å². The number of aromatic nitrogens is 4. The molecule has 0 spiro atoms. The minimum absolute atomic E-state index is 0.0648. The number of halogens is 3. The second-order valence-corrected chi connectivity index (χ2v) is 7.11. The molecule has 1 saturated heterocycles. The number of rotatable bonds is 4. The number of fused-ring (bicyclic) bond motifs is 1. The van der Waals surface area contributed by atoms with E-state index in [1.165, 1.54) is 12.3 Å². The number of carbonyl (C=O) groups is 1. The third kappa shape index (κ3) is 4.15. The molecule has 0 radical (unpaired) electrons. The fourth-order valence-electron chi connectivity index (χ4n) is 3.51. The van der Waals surface area contributed by atoms with Crippen LogP contribution in [0.25, 0.3) is 11.0 Å². The summed E-state index contributed by atoms with van der Waals surface area (Å²) in [7, 11) is 1.81. The zero-order valence-corrected chi connectivity index (χ0v) is 15.6. The van der Waals surface area contributed by atoms with Crippen molar-refractivity contribution in [3.63, 3.8) is 0 Å². The van der Waals surface area contributed by atoms with Gasteiger partial charge in [-0.2, -0.15) is 13.2 Å². The number of hydrogen-bond acceptors (Lipinski definition) is 5. The molecule has 1 atom stereocenters. The van der Waals surface area contributed by atoms with Crippen molar-refractivity contribution in [2.24, 2.45) is 7.05 Å². The second kappa shape index (κ2) is 7.34. The van der Waals surface area contributed by atoms with Crippen LogP contribution in [0.5, 0.6) is 0 Å². The monoisotopic (exact) mass is 404 g/mol. The maximum absolute atomic E-state index is 12.6. The van der Waals surface area contributed by atoms with Gasteiger partial charge in [0.25, 0.3) is 0 Å². The van der Waals surface area contributed by atoms with Crippen LogP contribution in [0.15, 0.2) is 36.5 Å². The van der Waals surface area contributed by atoms with Crippen LogP contribution < -0.4 is 10.2 Å². The van der Waals surface area contributed by atoms with Crippen LogP contribution in [-0.2, 0) is 24.4 Å². The quantitative estimate of drug-likeness (QED) is 0.722. The summed E-state index contributed by atoms with van der Waals surface area (Å²) in [5.41, 5.74) is 2.18. The number of anilines is 1. The summed E-state index contributed by atoms with van der Waals surface area (Å²) in [6, 6.07) is 7.92. The first-order valence-electron chi connectivity index (χ1n) is 9.15. The van der Waals surface area contributed by atoms with Crippen molar-refractivity contribution in [1.29, 1.82) is 0 Å². The molecular formula is C19H19F3N6O. The smallest absolute Gasteiger partial charge is 0.368 e. The molecule has 2 aromatic heterocycles. The molecule has 0 bridgehead atoms. The summed E-state index contributed by atoms with van der Waals surface area (Å²) in [5.74, 6) is -0.106. The van der Waals surface area contributed by atoms with Crippen molar-refractivity contribution in [2.45, 2.75) is 25.1 Å². The Labute approximate surface area is 164 Å². The van der Waals surface area contributed by atoms with E-state index >= 15 is 0 Å². The van der Waals surface area contributed by atoms with E-state index in [0.717, 1.165) is 29.1 Å². The molecular weight excluding hydrogens is 385 g/mol. The van der Waals surface area contributed by atoms with Crippen molar-refractivity contribution in [3.8, 4) is 0 Å². The van der Waals surface area contributed by atoms with Crippen LogP contribution in [0.1, 0.15) is 17.7 Å². The summed E-state index contributed by atoms with van der Waals surface area (Å²) in [6.07, 6.45) is -2.28. The minimum Gasteiger partial charge on any atom is -0.368 e. The van der Waals surface area contributed by atoms with Gasteiger partial charge in [0, 0.05) is 26.2 Å². The first-order valence-corrected chi connectivity index (χ1v) is 9.15. The number of pyridine rings is 1. The number of carbonyl (C=O) groups excluding carboxylic acids is 1. The fraction of sp³-hybridized carbons (Fsp3) is 0.368. The average molecular weight is 404 g/mol. The molecule has 7 nitrogen and oxygen atoms in total. The van der Waals surface area contributed by atoms with Crippen LogP contribution >= 0.6 is 0 Å². The highest BCUT2D eigenvalue weighted by Crippen LogP contribution is 2.29. The van der Waals surface area contributed by atoms with E-state index in [4.69, 9.17) is 0 Å². The van der Waals surface area contributed by atoms with Crippen molar-refractivity contribution >= 4 is 22.6 Å². The topological polar surface area (TPSA) is 75.9 Å². The van der Waals surface area contributed by atoms with E-state index in [-0.39, 0.29) is 18.4 Å². The lowest BCUT2D eigenvalue weighted by Gasteiger charge is -2.19. The van der Waals surface area contributed by atoms with E-state index in [1.807, 2.05) is 23.1 Å². The molecule has 1 aromatic carbocycles. The van der Waals surface area contributed by atoms with Crippen LogP contribution in [0.3, 0.4) is 0 Å². The van der Waals surface area contributed by atoms with Gasteiger partial charge in [0.05, 0.1) is 23.8 Å². The lowest BCUT2D eigenvalue weighted by Crippen LogP contribution is -2.38. The zero-order valence-electron chi connectivity index (χ0n) is 15.6. The SMILES string of the molecule is Cn1nnc2cc(CC(=O)NC3CCN(c4ccc(C(F)(F)F)nc4)C3)ccc21. The number of hydrogen-bond donors (Lipinski definition) is 1. The molecule has 0 saturated carbocycles. The Balaban J connectivity index is 1.33. The van der Waals surface area contributed by atoms with Gasteiger partial charge in [-0.1, -0.05) is 11.3 Å². The van der Waals surface area contributed by atoms with Gasteiger partial charge in [0.15, 0.2) is 0 Å². The molecule has 1 N–H and O–H groups in total. The average Bonchev–Trinajstić information content (AvgIpc) is 3.28. The van der Waals surface area contributed by atoms with Gasteiger partial charge in [-0.3, -0.25) is 4.79 Å².